The van der Waals surface area contributed by atoms with Gasteiger partial charge in [0.1, 0.15) is 0 Å². The molecule has 0 aromatic rings. The molecular weight excluding hydrogens is 274 g/mol. The molecule has 0 N–H and O–H groups in total. The Bertz CT molecular complexity index is 80.2. The Kier molecular flexibility index (Phi) is 8.30. The molecule has 3 heteroatoms. The maximum atomic E-state index is 5.61. The zero-order valence-electron chi connectivity index (χ0n) is 7.15. The second kappa shape index (κ2) is 7.62. The van der Waals surface area contributed by atoms with Gasteiger partial charge >= 0.3 is 0 Å². The third-order valence-corrected chi connectivity index (χ3v) is 2.81. The molecule has 0 radical (unpaired) electrons. The number of alkyl halides is 2. The molecule has 0 rings (SSSR count). The third kappa shape index (κ3) is 7.34. The third-order valence-electron chi connectivity index (χ3n) is 1.46. The van der Waals surface area contributed by atoms with E-state index in [-0.39, 0.29) is 0 Å². The van der Waals surface area contributed by atoms with Crippen LogP contribution in [0, 0.1) is 0 Å². The standard InChI is InChI=1S/C8H16ClIO/c1-3-11-7(2)6-8(10)4-5-9/h7-8H,3-6H2,1-2H3. The molecule has 2 atom stereocenters. The molecular formula is C8H16ClIO. The van der Waals surface area contributed by atoms with Crippen LogP contribution in [0.15, 0.2) is 0 Å². The number of hydrogen-bond acceptors (Lipinski definition) is 1. The predicted octanol–water partition coefficient (Wildman–Crippen LogP) is 3.23. The lowest BCUT2D eigenvalue weighted by Gasteiger charge is -2.14. The molecule has 0 heterocycles. The van der Waals surface area contributed by atoms with Crippen LogP contribution in [0.25, 0.3) is 0 Å². The lowest BCUT2D eigenvalue weighted by molar-refractivity contribution is 0.0708. The van der Waals surface area contributed by atoms with Crippen molar-refractivity contribution >= 4 is 34.2 Å². The van der Waals surface area contributed by atoms with Crippen LogP contribution >= 0.6 is 34.2 Å². The number of rotatable bonds is 6. The summed E-state index contributed by atoms with van der Waals surface area (Å²) in [7, 11) is 0. The maximum Gasteiger partial charge on any atom is 0.0556 e. The van der Waals surface area contributed by atoms with Crippen LogP contribution in [0.1, 0.15) is 26.7 Å². The summed E-state index contributed by atoms with van der Waals surface area (Å²) >= 11 is 8.04. The average Bonchev–Trinajstić information content (AvgIpc) is 1.87. The fraction of sp³-hybridized carbons (Fsp3) is 1.00. The van der Waals surface area contributed by atoms with Crippen molar-refractivity contribution in [3.63, 3.8) is 0 Å². The van der Waals surface area contributed by atoms with Crippen molar-refractivity contribution in [3.8, 4) is 0 Å². The van der Waals surface area contributed by atoms with Crippen molar-refractivity contribution in [2.24, 2.45) is 0 Å². The molecule has 0 fully saturated rings. The van der Waals surface area contributed by atoms with Gasteiger partial charge in [-0.3, -0.25) is 0 Å². The first kappa shape index (κ1) is 12.0. The van der Waals surface area contributed by atoms with Crippen molar-refractivity contribution in [1.82, 2.24) is 0 Å². The first-order chi connectivity index (χ1) is 5.20. The summed E-state index contributed by atoms with van der Waals surface area (Å²) in [5.74, 6) is 0.756. The summed E-state index contributed by atoms with van der Waals surface area (Å²) in [5, 5.41) is 0. The van der Waals surface area contributed by atoms with E-state index in [1.165, 1.54) is 0 Å². The van der Waals surface area contributed by atoms with Gasteiger partial charge in [-0.1, -0.05) is 22.6 Å². The fourth-order valence-electron chi connectivity index (χ4n) is 0.949. The van der Waals surface area contributed by atoms with Crippen molar-refractivity contribution in [3.05, 3.63) is 0 Å². The smallest absolute Gasteiger partial charge is 0.0556 e. The van der Waals surface area contributed by atoms with Gasteiger partial charge < -0.3 is 4.74 Å². The monoisotopic (exact) mass is 290 g/mol. The second-order valence-electron chi connectivity index (χ2n) is 2.58. The van der Waals surface area contributed by atoms with E-state index in [0.29, 0.717) is 10.0 Å². The molecule has 1 nitrogen and oxygen atoms in total. The highest BCUT2D eigenvalue weighted by atomic mass is 127. The Morgan fingerprint density at radius 2 is 2.18 bits per heavy atom. The zero-order chi connectivity index (χ0) is 8.69. The van der Waals surface area contributed by atoms with Crippen LogP contribution in [-0.4, -0.2) is 22.5 Å². The minimum Gasteiger partial charge on any atom is -0.379 e. The Morgan fingerprint density at radius 3 is 2.64 bits per heavy atom. The fourth-order valence-corrected chi connectivity index (χ4v) is 2.61. The van der Waals surface area contributed by atoms with Gasteiger partial charge in [0, 0.05) is 16.4 Å². The minimum absolute atomic E-state index is 0.380. The molecule has 68 valence electrons. The molecule has 0 bridgehead atoms. The lowest BCUT2D eigenvalue weighted by atomic mass is 10.2. The van der Waals surface area contributed by atoms with Crippen molar-refractivity contribution in [2.75, 3.05) is 12.5 Å². The second-order valence-corrected chi connectivity index (χ2v) is 4.72. The molecule has 2 unspecified atom stereocenters. The van der Waals surface area contributed by atoms with Gasteiger partial charge in [-0.05, 0) is 26.7 Å². The van der Waals surface area contributed by atoms with E-state index in [0.717, 1.165) is 25.3 Å². The van der Waals surface area contributed by atoms with Gasteiger partial charge in [-0.15, -0.1) is 11.6 Å². The van der Waals surface area contributed by atoms with E-state index in [1.54, 1.807) is 0 Å². The van der Waals surface area contributed by atoms with E-state index in [1.807, 2.05) is 6.92 Å². The molecule has 11 heavy (non-hydrogen) atoms. The number of halogens is 2. The van der Waals surface area contributed by atoms with E-state index >= 15 is 0 Å². The highest BCUT2D eigenvalue weighted by Crippen LogP contribution is 2.15. The maximum absolute atomic E-state index is 5.61. The molecule has 0 spiro atoms. The molecule has 0 saturated carbocycles. The number of ether oxygens (including phenoxy) is 1. The van der Waals surface area contributed by atoms with E-state index in [2.05, 4.69) is 29.5 Å². The summed E-state index contributed by atoms with van der Waals surface area (Å²) in [6, 6.07) is 0. The first-order valence-corrected chi connectivity index (χ1v) is 5.80. The van der Waals surface area contributed by atoms with Crippen LogP contribution in [0.3, 0.4) is 0 Å². The highest BCUT2D eigenvalue weighted by Gasteiger charge is 2.08. The number of hydrogen-bond donors (Lipinski definition) is 0. The van der Waals surface area contributed by atoms with Gasteiger partial charge in [0.05, 0.1) is 6.10 Å². The van der Waals surface area contributed by atoms with E-state index in [9.17, 15) is 0 Å². The van der Waals surface area contributed by atoms with Gasteiger partial charge in [0.15, 0.2) is 0 Å². The SMILES string of the molecule is CCOC(C)CC(I)CCCl. The van der Waals surface area contributed by atoms with Gasteiger partial charge in [-0.2, -0.15) is 0 Å². The highest BCUT2D eigenvalue weighted by molar-refractivity contribution is 14.1. The average molecular weight is 291 g/mol. The van der Waals surface area contributed by atoms with Gasteiger partial charge in [-0.25, -0.2) is 0 Å². The Morgan fingerprint density at radius 1 is 1.55 bits per heavy atom. The first-order valence-electron chi connectivity index (χ1n) is 4.02. The molecule has 0 aliphatic carbocycles. The summed E-state index contributed by atoms with van der Waals surface area (Å²) in [6.07, 6.45) is 2.57. The molecule has 0 saturated heterocycles. The van der Waals surface area contributed by atoms with Crippen LogP contribution in [0.4, 0.5) is 0 Å². The van der Waals surface area contributed by atoms with Crippen LogP contribution < -0.4 is 0 Å². The van der Waals surface area contributed by atoms with Gasteiger partial charge in [0.2, 0.25) is 0 Å². The Hall–Kier alpha value is 0.980. The molecule has 0 amide bonds. The van der Waals surface area contributed by atoms with E-state index in [4.69, 9.17) is 16.3 Å². The molecule has 0 aromatic heterocycles. The summed E-state index contributed by atoms with van der Waals surface area (Å²) < 4.78 is 6.07. The largest absolute Gasteiger partial charge is 0.379 e. The minimum atomic E-state index is 0.380. The van der Waals surface area contributed by atoms with Crippen molar-refractivity contribution in [1.29, 1.82) is 0 Å². The van der Waals surface area contributed by atoms with Gasteiger partial charge in [0.25, 0.3) is 0 Å². The molecule has 0 aromatic carbocycles. The summed E-state index contributed by atoms with van der Waals surface area (Å²) in [6.45, 7) is 4.95. The molecule has 0 aliphatic heterocycles. The Labute approximate surface area is 88.0 Å². The Balaban J connectivity index is 3.32. The molecule has 0 aliphatic rings. The topological polar surface area (TPSA) is 9.23 Å². The van der Waals surface area contributed by atoms with Crippen molar-refractivity contribution < 1.29 is 4.74 Å². The van der Waals surface area contributed by atoms with E-state index < -0.39 is 0 Å². The van der Waals surface area contributed by atoms with Crippen molar-refractivity contribution in [2.45, 2.75) is 36.7 Å². The van der Waals surface area contributed by atoms with Crippen LogP contribution in [0.2, 0.25) is 0 Å². The lowest BCUT2D eigenvalue weighted by Crippen LogP contribution is -2.14. The van der Waals surface area contributed by atoms with Crippen LogP contribution in [-0.2, 0) is 4.74 Å². The zero-order valence-corrected chi connectivity index (χ0v) is 10.1. The summed E-state index contributed by atoms with van der Waals surface area (Å²) in [5.41, 5.74) is 0. The quantitative estimate of drug-likeness (QED) is 0.539. The predicted molar refractivity (Wildman–Crippen MR) is 58.9 cm³/mol. The van der Waals surface area contributed by atoms with Crippen LogP contribution in [0.5, 0.6) is 0 Å². The summed E-state index contributed by atoms with van der Waals surface area (Å²) in [4.78, 5) is 0. The normalized spacial score (nSPS) is 16.4.